The van der Waals surface area contributed by atoms with E-state index in [9.17, 15) is 9.59 Å². The van der Waals surface area contributed by atoms with Crippen LogP contribution in [0.4, 0.5) is 0 Å². The van der Waals surface area contributed by atoms with Crippen LogP contribution in [-0.4, -0.2) is 25.2 Å². The highest BCUT2D eigenvalue weighted by Gasteiger charge is 2.38. The zero-order chi connectivity index (χ0) is 19.1. The monoisotopic (exact) mass is 334 g/mol. The van der Waals surface area contributed by atoms with Crippen LogP contribution in [0, 0.1) is 23.2 Å². The fourth-order valence-electron chi connectivity index (χ4n) is 2.69. The molecule has 24 heavy (non-hydrogen) atoms. The van der Waals surface area contributed by atoms with Gasteiger partial charge in [-0.05, 0) is 17.3 Å². The van der Waals surface area contributed by atoms with E-state index in [0.29, 0.717) is 6.42 Å². The molecule has 0 aliphatic rings. The summed E-state index contributed by atoms with van der Waals surface area (Å²) in [6.45, 7) is 14.0. The first-order valence-corrected chi connectivity index (χ1v) is 8.09. The Balaban J connectivity index is 5.83. The molecular weight excluding hydrogens is 304 g/mol. The molecule has 0 amide bonds. The van der Waals surface area contributed by atoms with Crippen LogP contribution >= 0.6 is 0 Å². The highest BCUT2D eigenvalue weighted by molar-refractivity contribution is 5.92. The van der Waals surface area contributed by atoms with Crippen molar-refractivity contribution in [3.05, 3.63) is 16.9 Å². The lowest BCUT2D eigenvalue weighted by molar-refractivity contribution is -0.159. The van der Waals surface area contributed by atoms with Crippen molar-refractivity contribution < 1.29 is 19.1 Å². The molecule has 0 fully saturated rings. The highest BCUT2D eigenvalue weighted by atomic mass is 16.5. The largest absolute Gasteiger partial charge is 0.465 e. The number of ether oxygens (including phenoxy) is 2. The van der Waals surface area contributed by atoms with Gasteiger partial charge < -0.3 is 9.47 Å². The summed E-state index contributed by atoms with van der Waals surface area (Å²) in [5.41, 5.74) is 2.79. The van der Waals surface area contributed by atoms with Crippen molar-refractivity contribution in [2.24, 2.45) is 10.8 Å². The first kappa shape index (κ1) is 22.0. The number of hydrogen-bond acceptors (Lipinski definition) is 4. The molecule has 0 saturated heterocycles. The van der Waals surface area contributed by atoms with Gasteiger partial charge in [0.15, 0.2) is 0 Å². The lowest BCUT2D eigenvalue weighted by Gasteiger charge is -2.39. The molecule has 0 aromatic heterocycles. The maximum atomic E-state index is 12.6. The summed E-state index contributed by atoms with van der Waals surface area (Å²) in [6.07, 6.45) is 5.40. The van der Waals surface area contributed by atoms with Crippen LogP contribution in [0.5, 0.6) is 0 Å². The zero-order valence-electron chi connectivity index (χ0n) is 16.2. The third-order valence-corrected chi connectivity index (χ3v) is 3.41. The fourth-order valence-corrected chi connectivity index (χ4v) is 2.69. The molecule has 4 nitrogen and oxygen atoms in total. The maximum absolute atomic E-state index is 12.6. The molecular formula is C20H30O4. The predicted octanol–water partition coefficient (Wildman–Crippen LogP) is 4.05. The Hall–Kier alpha value is -1.98. The minimum atomic E-state index is -0.588. The number of esters is 2. The molecule has 0 saturated carbocycles. The highest BCUT2D eigenvalue weighted by Crippen LogP contribution is 2.36. The van der Waals surface area contributed by atoms with Gasteiger partial charge in [-0.25, -0.2) is 9.59 Å². The average molecular weight is 334 g/mol. The van der Waals surface area contributed by atoms with Gasteiger partial charge in [0.1, 0.15) is 6.10 Å². The van der Waals surface area contributed by atoms with E-state index >= 15 is 0 Å². The van der Waals surface area contributed by atoms with Crippen LogP contribution < -0.4 is 0 Å². The third kappa shape index (κ3) is 6.64. The van der Waals surface area contributed by atoms with Gasteiger partial charge in [-0.1, -0.05) is 54.2 Å². The molecule has 134 valence electrons. The molecule has 0 N–H and O–H groups in total. The van der Waals surface area contributed by atoms with Crippen molar-refractivity contribution in [3.63, 3.8) is 0 Å². The molecule has 0 bridgehead atoms. The molecule has 0 atom stereocenters. The number of terminal acetylenes is 1. The van der Waals surface area contributed by atoms with Crippen molar-refractivity contribution in [2.45, 2.75) is 67.4 Å². The second kappa shape index (κ2) is 8.76. The third-order valence-electron chi connectivity index (χ3n) is 3.41. The molecule has 0 aliphatic heterocycles. The number of rotatable bonds is 5. The van der Waals surface area contributed by atoms with Gasteiger partial charge in [-0.15, -0.1) is 12.3 Å². The smallest absolute Gasteiger partial charge is 0.342 e. The summed E-state index contributed by atoms with van der Waals surface area (Å²) in [6, 6.07) is 0. The molecule has 0 radical (unpaired) electrons. The van der Waals surface area contributed by atoms with Crippen LogP contribution in [0.2, 0.25) is 0 Å². The molecule has 0 aliphatic carbocycles. The van der Waals surface area contributed by atoms with E-state index < -0.39 is 11.9 Å². The minimum absolute atomic E-state index is 0.0470. The first-order chi connectivity index (χ1) is 10.9. The maximum Gasteiger partial charge on any atom is 0.342 e. The van der Waals surface area contributed by atoms with Crippen LogP contribution in [0.1, 0.15) is 61.3 Å². The van der Waals surface area contributed by atoms with E-state index in [1.807, 2.05) is 41.5 Å². The standard InChI is InChI=1S/C20H30O4/c1-10-12-15(16(21)23-9)13-14(11-2)17(22)24-18(19(3,4)5)20(6,7)8/h1,18H,11-12H2,2-9H3. The van der Waals surface area contributed by atoms with Crippen molar-refractivity contribution in [1.29, 1.82) is 0 Å². The molecule has 0 aromatic rings. The Labute approximate surface area is 146 Å². The molecule has 0 aromatic carbocycles. The summed E-state index contributed by atoms with van der Waals surface area (Å²) >= 11 is 0. The van der Waals surface area contributed by atoms with Crippen LogP contribution in [0.3, 0.4) is 0 Å². The first-order valence-electron chi connectivity index (χ1n) is 8.09. The Morgan fingerprint density at radius 3 is 1.83 bits per heavy atom. The summed E-state index contributed by atoms with van der Waals surface area (Å²) in [5.74, 6) is 1.31. The van der Waals surface area contributed by atoms with Crippen LogP contribution in [-0.2, 0) is 19.1 Å². The van der Waals surface area contributed by atoms with Gasteiger partial charge in [0.25, 0.3) is 0 Å². The van der Waals surface area contributed by atoms with Crippen molar-refractivity contribution in [3.8, 4) is 12.3 Å². The molecule has 0 rings (SSSR count). The van der Waals surface area contributed by atoms with Gasteiger partial charge in [0.05, 0.1) is 18.3 Å². The van der Waals surface area contributed by atoms with E-state index in [1.54, 1.807) is 6.92 Å². The lowest BCUT2D eigenvalue weighted by Crippen LogP contribution is -2.42. The number of carbonyl (C=O) groups excluding carboxylic acids is 2. The number of carbonyl (C=O) groups is 2. The SMILES string of the molecule is C#CCC(=C=C(CC)C(=O)OC(C(C)(C)C)C(C)(C)C)C(=O)OC. The van der Waals surface area contributed by atoms with E-state index in [0.717, 1.165) is 0 Å². The number of hydrogen-bond donors (Lipinski definition) is 0. The minimum Gasteiger partial charge on any atom is -0.465 e. The second-order valence-corrected chi connectivity index (χ2v) is 7.83. The van der Waals surface area contributed by atoms with Crippen molar-refractivity contribution in [1.82, 2.24) is 0 Å². The Bertz CT molecular complexity index is 556. The number of methoxy groups -OCH3 is 1. The van der Waals surface area contributed by atoms with Gasteiger partial charge in [-0.3, -0.25) is 0 Å². The van der Waals surface area contributed by atoms with Gasteiger partial charge in [0, 0.05) is 6.42 Å². The Kier molecular flexibility index (Phi) is 8.03. The Morgan fingerprint density at radius 1 is 1.00 bits per heavy atom. The van der Waals surface area contributed by atoms with Crippen molar-refractivity contribution in [2.75, 3.05) is 7.11 Å². The van der Waals surface area contributed by atoms with Gasteiger partial charge >= 0.3 is 11.9 Å². The Morgan fingerprint density at radius 2 is 1.50 bits per heavy atom. The second-order valence-electron chi connectivity index (χ2n) is 7.83. The zero-order valence-corrected chi connectivity index (χ0v) is 16.2. The average Bonchev–Trinajstić information content (AvgIpc) is 2.45. The van der Waals surface area contributed by atoms with Crippen molar-refractivity contribution >= 4 is 11.9 Å². The van der Waals surface area contributed by atoms with Crippen LogP contribution in [0.15, 0.2) is 16.9 Å². The van der Waals surface area contributed by atoms with Gasteiger partial charge in [0.2, 0.25) is 0 Å². The topological polar surface area (TPSA) is 52.6 Å². The molecule has 0 heterocycles. The van der Waals surface area contributed by atoms with Crippen LogP contribution in [0.25, 0.3) is 0 Å². The van der Waals surface area contributed by atoms with E-state index in [4.69, 9.17) is 11.2 Å². The van der Waals surface area contributed by atoms with E-state index in [1.165, 1.54) is 7.11 Å². The summed E-state index contributed by atoms with van der Waals surface area (Å²) < 4.78 is 10.4. The molecule has 0 spiro atoms. The molecule has 4 heteroatoms. The summed E-state index contributed by atoms with van der Waals surface area (Å²) in [5, 5.41) is 0. The quantitative estimate of drug-likeness (QED) is 0.329. The summed E-state index contributed by atoms with van der Waals surface area (Å²) in [7, 11) is 1.26. The fraction of sp³-hybridized carbons (Fsp3) is 0.650. The predicted molar refractivity (Wildman–Crippen MR) is 95.1 cm³/mol. The van der Waals surface area contributed by atoms with Gasteiger partial charge in [-0.2, -0.15) is 0 Å². The normalized spacial score (nSPS) is 11.3. The van der Waals surface area contributed by atoms with E-state index in [2.05, 4.69) is 16.4 Å². The lowest BCUT2D eigenvalue weighted by atomic mass is 9.74. The summed E-state index contributed by atoms with van der Waals surface area (Å²) in [4.78, 5) is 24.3. The van der Waals surface area contributed by atoms with E-state index in [-0.39, 0.29) is 34.5 Å². The molecule has 0 unspecified atom stereocenters.